The van der Waals surface area contributed by atoms with Crippen molar-refractivity contribution in [2.75, 3.05) is 0 Å². The Kier molecular flexibility index (Phi) is 5.76. The molecule has 0 spiro atoms. The van der Waals surface area contributed by atoms with Crippen LogP contribution in [0.25, 0.3) is 0 Å². The van der Waals surface area contributed by atoms with Gasteiger partial charge in [0, 0.05) is 12.8 Å². The van der Waals surface area contributed by atoms with Crippen molar-refractivity contribution in [2.45, 2.75) is 51.3 Å². The first kappa shape index (κ1) is 13.4. The van der Waals surface area contributed by atoms with Crippen molar-refractivity contribution in [3.05, 3.63) is 0 Å². The largest absolute Gasteiger partial charge is 0.414 e. The van der Waals surface area contributed by atoms with E-state index < -0.39 is 24.5 Å². The van der Waals surface area contributed by atoms with Crippen LogP contribution in [-0.2, 0) is 4.79 Å². The molecular weight excluding hydrogens is 197 g/mol. The van der Waals surface area contributed by atoms with Crippen LogP contribution in [-0.4, -0.2) is 23.2 Å². The highest BCUT2D eigenvalue weighted by Gasteiger charge is 2.39. The summed E-state index contributed by atoms with van der Waals surface area (Å²) < 4.78 is 35.4. The lowest BCUT2D eigenvalue weighted by Gasteiger charge is -2.13. The third-order valence-corrected chi connectivity index (χ3v) is 1.86. The number of halogens is 3. The van der Waals surface area contributed by atoms with Gasteiger partial charge in [-0.3, -0.25) is 4.79 Å². The van der Waals surface area contributed by atoms with E-state index >= 15 is 0 Å². The Morgan fingerprint density at radius 3 is 2.36 bits per heavy atom. The maximum atomic E-state index is 11.8. The zero-order valence-corrected chi connectivity index (χ0v) is 8.10. The second-order valence-electron chi connectivity index (χ2n) is 3.26. The minimum absolute atomic E-state index is 0.126. The van der Waals surface area contributed by atoms with E-state index in [-0.39, 0.29) is 6.42 Å². The third kappa shape index (κ3) is 5.96. The first-order chi connectivity index (χ1) is 6.38. The fraction of sp³-hybridized carbons (Fsp3) is 0.889. The van der Waals surface area contributed by atoms with Crippen LogP contribution < -0.4 is 0 Å². The number of unbranched alkanes of at least 4 members (excludes halogenated alkanes) is 2. The van der Waals surface area contributed by atoms with Gasteiger partial charge in [-0.15, -0.1) is 0 Å². The summed E-state index contributed by atoms with van der Waals surface area (Å²) >= 11 is 0. The average molecular weight is 212 g/mol. The molecule has 0 saturated carbocycles. The highest BCUT2D eigenvalue weighted by atomic mass is 19.4. The van der Waals surface area contributed by atoms with Crippen LogP contribution in [0.1, 0.15) is 39.0 Å². The van der Waals surface area contributed by atoms with E-state index in [1.165, 1.54) is 0 Å². The maximum absolute atomic E-state index is 11.8. The molecule has 0 saturated heterocycles. The smallest absolute Gasteiger partial charge is 0.383 e. The molecule has 0 heterocycles. The van der Waals surface area contributed by atoms with E-state index in [9.17, 15) is 18.0 Å². The molecule has 0 fully saturated rings. The van der Waals surface area contributed by atoms with E-state index in [0.29, 0.717) is 6.42 Å². The van der Waals surface area contributed by atoms with E-state index in [2.05, 4.69) is 0 Å². The van der Waals surface area contributed by atoms with Crippen molar-refractivity contribution < 1.29 is 23.1 Å². The molecule has 84 valence electrons. The van der Waals surface area contributed by atoms with Gasteiger partial charge in [0.2, 0.25) is 0 Å². The Bertz CT molecular complexity index is 177. The molecule has 1 unspecified atom stereocenters. The fourth-order valence-corrected chi connectivity index (χ4v) is 1.01. The molecule has 0 bridgehead atoms. The molecule has 0 amide bonds. The van der Waals surface area contributed by atoms with E-state index in [1.807, 2.05) is 6.92 Å². The van der Waals surface area contributed by atoms with Gasteiger partial charge in [-0.05, 0) is 6.42 Å². The molecule has 0 aromatic heterocycles. The summed E-state index contributed by atoms with van der Waals surface area (Å²) in [5, 5.41) is 8.57. The zero-order valence-electron chi connectivity index (χ0n) is 8.10. The van der Waals surface area contributed by atoms with Crippen LogP contribution in [0.15, 0.2) is 0 Å². The second kappa shape index (κ2) is 6.01. The van der Waals surface area contributed by atoms with Crippen molar-refractivity contribution in [3.8, 4) is 0 Å². The van der Waals surface area contributed by atoms with Crippen LogP contribution in [0.3, 0.4) is 0 Å². The van der Waals surface area contributed by atoms with Gasteiger partial charge in [0.1, 0.15) is 5.78 Å². The topological polar surface area (TPSA) is 37.3 Å². The van der Waals surface area contributed by atoms with Crippen molar-refractivity contribution in [3.63, 3.8) is 0 Å². The fourth-order valence-electron chi connectivity index (χ4n) is 1.01. The summed E-state index contributed by atoms with van der Waals surface area (Å²) in [6, 6.07) is 0. The van der Waals surface area contributed by atoms with Crippen LogP contribution in [0, 0.1) is 0 Å². The minimum Gasteiger partial charge on any atom is -0.383 e. The Balaban J connectivity index is 3.72. The number of aliphatic hydroxyl groups is 1. The summed E-state index contributed by atoms with van der Waals surface area (Å²) in [5.74, 6) is -0.525. The average Bonchev–Trinajstić information content (AvgIpc) is 2.03. The summed E-state index contributed by atoms with van der Waals surface area (Å²) in [6.45, 7) is 1.94. The Morgan fingerprint density at radius 2 is 1.93 bits per heavy atom. The Morgan fingerprint density at radius 1 is 1.36 bits per heavy atom. The van der Waals surface area contributed by atoms with E-state index in [4.69, 9.17) is 5.11 Å². The Hall–Kier alpha value is -0.580. The molecule has 0 aliphatic rings. The van der Waals surface area contributed by atoms with E-state index in [1.54, 1.807) is 0 Å². The predicted molar refractivity (Wildman–Crippen MR) is 45.8 cm³/mol. The molecule has 0 rings (SSSR count). The molecule has 0 aliphatic carbocycles. The molecule has 2 nitrogen and oxygen atoms in total. The number of hydrogen-bond acceptors (Lipinski definition) is 2. The number of Topliss-reactive ketones (excluding diaryl/α,β-unsaturated/α-hetero) is 1. The van der Waals surface area contributed by atoms with Gasteiger partial charge in [-0.25, -0.2) is 0 Å². The van der Waals surface area contributed by atoms with Crippen LogP contribution >= 0.6 is 0 Å². The van der Waals surface area contributed by atoms with Gasteiger partial charge < -0.3 is 5.11 Å². The van der Waals surface area contributed by atoms with E-state index in [0.717, 1.165) is 12.8 Å². The highest BCUT2D eigenvalue weighted by Crippen LogP contribution is 2.22. The predicted octanol–water partition coefficient (Wildman–Crippen LogP) is 2.45. The zero-order chi connectivity index (χ0) is 11.2. The normalized spacial score (nSPS) is 14.1. The first-order valence-corrected chi connectivity index (χ1v) is 4.64. The number of hydrogen-bond donors (Lipinski definition) is 1. The van der Waals surface area contributed by atoms with Crippen molar-refractivity contribution in [1.82, 2.24) is 0 Å². The number of ketones is 1. The lowest BCUT2D eigenvalue weighted by atomic mass is 10.1. The Labute approximate surface area is 81.1 Å². The number of carbonyl (C=O) groups is 1. The summed E-state index contributed by atoms with van der Waals surface area (Å²) in [5.41, 5.74) is 0. The lowest BCUT2D eigenvalue weighted by molar-refractivity contribution is -0.205. The van der Waals surface area contributed by atoms with Gasteiger partial charge in [-0.1, -0.05) is 19.8 Å². The lowest BCUT2D eigenvalue weighted by Crippen LogP contribution is -2.30. The quantitative estimate of drug-likeness (QED) is 0.686. The number of alkyl halides is 3. The molecule has 1 N–H and O–H groups in total. The standard InChI is InChI=1S/C9H15F3O2/c1-2-3-4-5-7(13)6-8(14)9(10,11)12/h8,14H,2-6H2,1H3. The molecule has 0 aromatic rings. The van der Waals surface area contributed by atoms with Crippen LogP contribution in [0.5, 0.6) is 0 Å². The number of aliphatic hydroxyl groups excluding tert-OH is 1. The van der Waals surface area contributed by atoms with Crippen LogP contribution in [0.4, 0.5) is 13.2 Å². The number of carbonyl (C=O) groups excluding carboxylic acids is 1. The molecule has 0 aliphatic heterocycles. The van der Waals surface area contributed by atoms with Crippen molar-refractivity contribution in [1.29, 1.82) is 0 Å². The summed E-state index contributed by atoms with van der Waals surface area (Å²) in [4.78, 5) is 10.9. The van der Waals surface area contributed by atoms with Crippen molar-refractivity contribution in [2.24, 2.45) is 0 Å². The van der Waals surface area contributed by atoms with Crippen LogP contribution in [0.2, 0.25) is 0 Å². The third-order valence-electron chi connectivity index (χ3n) is 1.86. The molecule has 0 radical (unpaired) electrons. The van der Waals surface area contributed by atoms with Gasteiger partial charge >= 0.3 is 6.18 Å². The SMILES string of the molecule is CCCCCC(=O)CC(O)C(F)(F)F. The van der Waals surface area contributed by atoms with Crippen molar-refractivity contribution >= 4 is 5.78 Å². The maximum Gasteiger partial charge on any atom is 0.414 e. The minimum atomic E-state index is -4.68. The van der Waals surface area contributed by atoms with Gasteiger partial charge in [0.25, 0.3) is 0 Å². The van der Waals surface area contributed by atoms with Gasteiger partial charge in [0.15, 0.2) is 6.10 Å². The van der Waals surface area contributed by atoms with Gasteiger partial charge in [-0.2, -0.15) is 13.2 Å². The molecule has 0 aromatic carbocycles. The van der Waals surface area contributed by atoms with Gasteiger partial charge in [0.05, 0.1) is 0 Å². The molecule has 5 heteroatoms. The number of rotatable bonds is 6. The summed E-state index contributed by atoms with van der Waals surface area (Å²) in [6.07, 6.45) is -5.53. The first-order valence-electron chi connectivity index (χ1n) is 4.64. The molecular formula is C9H15F3O2. The molecule has 1 atom stereocenters. The monoisotopic (exact) mass is 212 g/mol. The highest BCUT2D eigenvalue weighted by molar-refractivity contribution is 5.78. The summed E-state index contributed by atoms with van der Waals surface area (Å²) in [7, 11) is 0. The molecule has 14 heavy (non-hydrogen) atoms. The second-order valence-corrected chi connectivity index (χ2v) is 3.26.